The highest BCUT2D eigenvalue weighted by molar-refractivity contribution is 6.32. The Balaban J connectivity index is 2.83. The molecule has 1 aliphatic heterocycles. The molecule has 0 aromatic carbocycles. The summed E-state index contributed by atoms with van der Waals surface area (Å²) in [6.07, 6.45) is 5.49. The maximum absolute atomic E-state index is 6.26. The highest BCUT2D eigenvalue weighted by Crippen LogP contribution is 2.26. The second-order valence-corrected chi connectivity index (χ2v) is 4.47. The van der Waals surface area contributed by atoms with Gasteiger partial charge in [0.15, 0.2) is 0 Å². The fourth-order valence-corrected chi connectivity index (χ4v) is 2.35. The molecule has 2 heteroatoms. The van der Waals surface area contributed by atoms with Gasteiger partial charge in [-0.15, -0.1) is 0 Å². The molecule has 0 fully saturated rings. The Labute approximate surface area is 92.4 Å². The Bertz CT molecular complexity index is 253. The van der Waals surface area contributed by atoms with Crippen LogP contribution < -0.4 is 0 Å². The van der Waals surface area contributed by atoms with Gasteiger partial charge in [-0.25, -0.2) is 0 Å². The van der Waals surface area contributed by atoms with Crippen LogP contribution in [0, 0.1) is 0 Å². The van der Waals surface area contributed by atoms with Crippen LogP contribution in [0.1, 0.15) is 33.1 Å². The van der Waals surface area contributed by atoms with Gasteiger partial charge < -0.3 is 4.90 Å². The predicted octanol–water partition coefficient (Wildman–Crippen LogP) is 3.56. The van der Waals surface area contributed by atoms with Crippen molar-refractivity contribution in [3.05, 3.63) is 22.3 Å². The lowest BCUT2D eigenvalue weighted by Gasteiger charge is -2.13. The Morgan fingerprint density at radius 1 is 1.57 bits per heavy atom. The minimum absolute atomic E-state index is 0.973. The van der Waals surface area contributed by atoms with Gasteiger partial charge >= 0.3 is 0 Å². The van der Waals surface area contributed by atoms with Gasteiger partial charge in [0.05, 0.1) is 0 Å². The molecule has 0 amide bonds. The zero-order chi connectivity index (χ0) is 10.6. The molecule has 0 unspecified atom stereocenters. The molecule has 0 aromatic heterocycles. The van der Waals surface area contributed by atoms with Gasteiger partial charge in [-0.3, -0.25) is 0 Å². The first-order valence-electron chi connectivity index (χ1n) is 5.38. The standard InChI is InChI=1S/C12H20ClN/c1-4-6-12(13)11-7-5-8-14(3)9-10(11)2/h6H,4-5,7-9H2,1-3H3/b12-6+. The van der Waals surface area contributed by atoms with E-state index in [1.807, 2.05) is 0 Å². The summed E-state index contributed by atoms with van der Waals surface area (Å²) in [5.74, 6) is 0. The van der Waals surface area contributed by atoms with E-state index in [4.69, 9.17) is 11.6 Å². The highest BCUT2D eigenvalue weighted by Gasteiger charge is 2.12. The molecule has 0 aliphatic carbocycles. The first-order valence-corrected chi connectivity index (χ1v) is 5.76. The van der Waals surface area contributed by atoms with Crippen molar-refractivity contribution in [1.82, 2.24) is 4.90 Å². The van der Waals surface area contributed by atoms with Crippen LogP contribution >= 0.6 is 11.6 Å². The Morgan fingerprint density at radius 3 is 2.93 bits per heavy atom. The summed E-state index contributed by atoms with van der Waals surface area (Å²) in [5.41, 5.74) is 2.80. The van der Waals surface area contributed by atoms with Crippen LogP contribution in [0.15, 0.2) is 22.3 Å². The number of halogens is 1. The number of likely N-dealkylation sites (N-methyl/N-ethyl adjacent to an activating group) is 1. The molecule has 0 aromatic rings. The summed E-state index contributed by atoms with van der Waals surface area (Å²) in [5, 5.41) is 0.973. The summed E-state index contributed by atoms with van der Waals surface area (Å²) in [4.78, 5) is 2.36. The zero-order valence-corrected chi connectivity index (χ0v) is 10.2. The number of rotatable bonds is 2. The fraction of sp³-hybridized carbons (Fsp3) is 0.667. The smallest absolute Gasteiger partial charge is 0.0397 e. The third-order valence-electron chi connectivity index (χ3n) is 2.66. The second kappa shape index (κ2) is 5.57. The average Bonchev–Trinajstić information content (AvgIpc) is 2.27. The molecular weight excluding hydrogens is 194 g/mol. The van der Waals surface area contributed by atoms with Gasteiger partial charge in [0.1, 0.15) is 0 Å². The molecule has 80 valence electrons. The number of hydrogen-bond donors (Lipinski definition) is 0. The van der Waals surface area contributed by atoms with Crippen LogP contribution in [0.2, 0.25) is 0 Å². The first-order chi connectivity index (χ1) is 6.65. The van der Waals surface area contributed by atoms with Crippen molar-refractivity contribution in [1.29, 1.82) is 0 Å². The van der Waals surface area contributed by atoms with E-state index in [-0.39, 0.29) is 0 Å². The van der Waals surface area contributed by atoms with Crippen molar-refractivity contribution in [2.75, 3.05) is 20.1 Å². The van der Waals surface area contributed by atoms with Crippen LogP contribution in [-0.2, 0) is 0 Å². The third kappa shape index (κ3) is 3.14. The second-order valence-electron chi connectivity index (χ2n) is 4.06. The molecule has 0 atom stereocenters. The Kier molecular flexibility index (Phi) is 4.70. The van der Waals surface area contributed by atoms with Crippen LogP contribution in [-0.4, -0.2) is 25.0 Å². The topological polar surface area (TPSA) is 3.24 Å². The summed E-state index contributed by atoms with van der Waals surface area (Å²) < 4.78 is 0. The van der Waals surface area contributed by atoms with Gasteiger partial charge in [-0.05, 0) is 45.4 Å². The van der Waals surface area contributed by atoms with Crippen LogP contribution in [0.4, 0.5) is 0 Å². The van der Waals surface area contributed by atoms with Gasteiger partial charge in [-0.2, -0.15) is 0 Å². The third-order valence-corrected chi connectivity index (χ3v) is 3.04. The van der Waals surface area contributed by atoms with Gasteiger partial charge in [0, 0.05) is 11.6 Å². The number of nitrogens with zero attached hydrogens (tertiary/aromatic N) is 1. The lowest BCUT2D eigenvalue weighted by atomic mass is 10.0. The lowest BCUT2D eigenvalue weighted by molar-refractivity contribution is 0.366. The van der Waals surface area contributed by atoms with Crippen LogP contribution in [0.25, 0.3) is 0 Å². The van der Waals surface area contributed by atoms with Crippen molar-refractivity contribution >= 4 is 11.6 Å². The summed E-state index contributed by atoms with van der Waals surface area (Å²) >= 11 is 6.26. The predicted molar refractivity (Wildman–Crippen MR) is 63.7 cm³/mol. The van der Waals surface area contributed by atoms with E-state index >= 15 is 0 Å². The highest BCUT2D eigenvalue weighted by atomic mass is 35.5. The molecule has 1 nitrogen and oxygen atoms in total. The van der Waals surface area contributed by atoms with Gasteiger partial charge in [0.25, 0.3) is 0 Å². The van der Waals surface area contributed by atoms with E-state index in [0.29, 0.717) is 0 Å². The molecule has 0 radical (unpaired) electrons. The van der Waals surface area contributed by atoms with E-state index in [2.05, 4.69) is 31.9 Å². The van der Waals surface area contributed by atoms with E-state index in [0.717, 1.165) is 24.4 Å². The molecule has 0 saturated heterocycles. The largest absolute Gasteiger partial charge is 0.302 e. The maximum atomic E-state index is 6.26. The molecule has 0 spiro atoms. The van der Waals surface area contributed by atoms with Crippen LogP contribution in [0.5, 0.6) is 0 Å². The fourth-order valence-electron chi connectivity index (χ4n) is 1.94. The van der Waals surface area contributed by atoms with Crippen molar-refractivity contribution < 1.29 is 0 Å². The summed E-state index contributed by atoms with van der Waals surface area (Å²) in [7, 11) is 2.17. The molecule has 0 bridgehead atoms. The molecule has 1 heterocycles. The first kappa shape index (κ1) is 11.8. The van der Waals surface area contributed by atoms with Gasteiger partial charge in [0.2, 0.25) is 0 Å². The molecular formula is C12H20ClN. The minimum Gasteiger partial charge on any atom is -0.302 e. The molecule has 1 aliphatic rings. The zero-order valence-electron chi connectivity index (χ0n) is 9.44. The SMILES string of the molecule is CC/C=C(/Cl)C1=C(C)CN(C)CCC1. The van der Waals surface area contributed by atoms with Crippen LogP contribution in [0.3, 0.4) is 0 Å². The maximum Gasteiger partial charge on any atom is 0.0397 e. The van der Waals surface area contributed by atoms with Gasteiger partial charge in [-0.1, -0.05) is 30.2 Å². The summed E-state index contributed by atoms with van der Waals surface area (Å²) in [6.45, 7) is 6.56. The quantitative estimate of drug-likeness (QED) is 0.678. The summed E-state index contributed by atoms with van der Waals surface area (Å²) in [6, 6.07) is 0. The van der Waals surface area contributed by atoms with E-state index in [1.54, 1.807) is 0 Å². The molecule has 1 rings (SSSR count). The van der Waals surface area contributed by atoms with E-state index in [1.165, 1.54) is 24.1 Å². The van der Waals surface area contributed by atoms with Crippen molar-refractivity contribution in [2.24, 2.45) is 0 Å². The molecule has 0 N–H and O–H groups in total. The lowest BCUT2D eigenvalue weighted by Crippen LogP contribution is -2.19. The Hall–Kier alpha value is -0.270. The van der Waals surface area contributed by atoms with Crippen molar-refractivity contribution in [3.8, 4) is 0 Å². The monoisotopic (exact) mass is 213 g/mol. The molecule has 0 saturated carbocycles. The van der Waals surface area contributed by atoms with Crippen molar-refractivity contribution in [2.45, 2.75) is 33.1 Å². The number of allylic oxidation sites excluding steroid dienone is 3. The average molecular weight is 214 g/mol. The Morgan fingerprint density at radius 2 is 2.29 bits per heavy atom. The van der Waals surface area contributed by atoms with E-state index in [9.17, 15) is 0 Å². The minimum atomic E-state index is 0.973. The molecule has 14 heavy (non-hydrogen) atoms. The number of hydrogen-bond acceptors (Lipinski definition) is 1. The normalized spacial score (nSPS) is 21.3. The van der Waals surface area contributed by atoms with Crippen molar-refractivity contribution in [3.63, 3.8) is 0 Å². The van der Waals surface area contributed by atoms with E-state index < -0.39 is 0 Å².